The molecule has 178 valence electrons. The number of carbonyl (C=O) groups is 1. The third kappa shape index (κ3) is 6.39. The maximum atomic E-state index is 13.0. The normalized spacial score (nSPS) is 15.0. The van der Waals surface area contributed by atoms with E-state index in [-0.39, 0.29) is 17.9 Å². The van der Waals surface area contributed by atoms with Crippen LogP contribution in [-0.4, -0.2) is 47.4 Å². The molecular formula is C26H29N3O5. The van der Waals surface area contributed by atoms with Crippen LogP contribution in [0.5, 0.6) is 23.1 Å². The van der Waals surface area contributed by atoms with Crippen LogP contribution in [-0.2, 0) is 17.8 Å². The molecule has 1 atom stereocenters. The second-order valence-electron chi connectivity index (χ2n) is 8.09. The zero-order valence-corrected chi connectivity index (χ0v) is 19.1. The summed E-state index contributed by atoms with van der Waals surface area (Å²) >= 11 is 0. The number of nitrogens with one attached hydrogen (secondary N) is 1. The number of hydrogen-bond donors (Lipinski definition) is 2. The Morgan fingerprint density at radius 3 is 2.76 bits per heavy atom. The van der Waals surface area contributed by atoms with Gasteiger partial charge in [0.05, 0.1) is 19.8 Å². The van der Waals surface area contributed by atoms with Crippen LogP contribution in [0.25, 0.3) is 0 Å². The van der Waals surface area contributed by atoms with Gasteiger partial charge in [-0.05, 0) is 36.6 Å². The van der Waals surface area contributed by atoms with Crippen molar-refractivity contribution < 1.29 is 24.1 Å². The minimum Gasteiger partial charge on any atom is -0.508 e. The van der Waals surface area contributed by atoms with Crippen LogP contribution in [0.3, 0.4) is 0 Å². The van der Waals surface area contributed by atoms with Crippen molar-refractivity contribution in [3.8, 4) is 23.1 Å². The molecule has 2 aromatic carbocycles. The number of amides is 2. The number of phenols is 1. The summed E-state index contributed by atoms with van der Waals surface area (Å²) in [7, 11) is 1.60. The predicted molar refractivity (Wildman–Crippen MR) is 127 cm³/mol. The second-order valence-corrected chi connectivity index (χ2v) is 8.09. The number of pyridine rings is 1. The fraction of sp³-hybridized carbons (Fsp3) is 0.308. The van der Waals surface area contributed by atoms with Crippen LogP contribution < -0.4 is 14.8 Å². The number of rotatable bonds is 9. The lowest BCUT2D eigenvalue weighted by atomic mass is 10.1. The highest BCUT2D eigenvalue weighted by Crippen LogP contribution is 2.24. The van der Waals surface area contributed by atoms with Crippen molar-refractivity contribution in [3.05, 3.63) is 78.0 Å². The number of methoxy groups -OCH3 is 1. The third-order valence-corrected chi connectivity index (χ3v) is 5.59. The van der Waals surface area contributed by atoms with Gasteiger partial charge >= 0.3 is 6.03 Å². The Bertz CT molecular complexity index is 1080. The van der Waals surface area contributed by atoms with Gasteiger partial charge in [0.25, 0.3) is 0 Å². The Morgan fingerprint density at radius 2 is 2.03 bits per heavy atom. The summed E-state index contributed by atoms with van der Waals surface area (Å²) in [4.78, 5) is 19.0. The molecule has 1 aliphatic rings. The Labute approximate surface area is 199 Å². The number of carbonyl (C=O) groups excluding carboxylic acids is 1. The van der Waals surface area contributed by atoms with E-state index in [9.17, 15) is 9.90 Å². The van der Waals surface area contributed by atoms with E-state index < -0.39 is 0 Å². The van der Waals surface area contributed by atoms with Crippen molar-refractivity contribution in [1.82, 2.24) is 15.2 Å². The van der Waals surface area contributed by atoms with Crippen LogP contribution in [0.15, 0.2) is 66.9 Å². The monoisotopic (exact) mass is 463 g/mol. The van der Waals surface area contributed by atoms with Gasteiger partial charge in [-0.15, -0.1) is 0 Å². The first-order valence-electron chi connectivity index (χ1n) is 11.3. The van der Waals surface area contributed by atoms with Crippen LogP contribution in [0.4, 0.5) is 4.79 Å². The van der Waals surface area contributed by atoms with Crippen LogP contribution in [0, 0.1) is 0 Å². The maximum absolute atomic E-state index is 13.0. The molecule has 1 fully saturated rings. The molecule has 0 radical (unpaired) electrons. The van der Waals surface area contributed by atoms with Crippen LogP contribution >= 0.6 is 0 Å². The number of aromatic nitrogens is 1. The molecule has 3 aromatic rings. The van der Waals surface area contributed by atoms with Crippen LogP contribution in [0.2, 0.25) is 0 Å². The molecular weight excluding hydrogens is 434 g/mol. The third-order valence-electron chi connectivity index (χ3n) is 5.59. The van der Waals surface area contributed by atoms with Gasteiger partial charge in [0.15, 0.2) is 0 Å². The fourth-order valence-electron chi connectivity index (χ4n) is 3.75. The summed E-state index contributed by atoms with van der Waals surface area (Å²) in [6.07, 6.45) is 3.59. The first kappa shape index (κ1) is 23.4. The highest BCUT2D eigenvalue weighted by atomic mass is 16.5. The molecule has 2 N–H and O–H groups in total. The minimum atomic E-state index is -0.226. The van der Waals surface area contributed by atoms with Crippen molar-refractivity contribution in [2.24, 2.45) is 0 Å². The first-order chi connectivity index (χ1) is 16.6. The van der Waals surface area contributed by atoms with Crippen molar-refractivity contribution in [2.45, 2.75) is 32.0 Å². The zero-order chi connectivity index (χ0) is 23.8. The average Bonchev–Trinajstić information content (AvgIpc) is 3.38. The van der Waals surface area contributed by atoms with Crippen molar-refractivity contribution in [3.63, 3.8) is 0 Å². The number of phenolic OH excluding ortho intramolecular Hbond substituents is 1. The summed E-state index contributed by atoms with van der Waals surface area (Å²) in [6.45, 7) is 1.79. The summed E-state index contributed by atoms with van der Waals surface area (Å²) in [5, 5.41) is 13.1. The number of hydrogen-bond acceptors (Lipinski definition) is 6. The molecule has 8 heteroatoms. The van der Waals surface area contributed by atoms with E-state index in [2.05, 4.69) is 10.3 Å². The Morgan fingerprint density at radius 1 is 1.18 bits per heavy atom. The van der Waals surface area contributed by atoms with Gasteiger partial charge in [0.2, 0.25) is 5.88 Å². The summed E-state index contributed by atoms with van der Waals surface area (Å²) in [5.74, 6) is 1.95. The lowest BCUT2D eigenvalue weighted by Gasteiger charge is -2.26. The maximum Gasteiger partial charge on any atom is 0.318 e. The lowest BCUT2D eigenvalue weighted by molar-refractivity contribution is 0.0792. The molecule has 0 aliphatic carbocycles. The summed E-state index contributed by atoms with van der Waals surface area (Å²) < 4.78 is 16.7. The fourth-order valence-corrected chi connectivity index (χ4v) is 3.75. The molecule has 1 aliphatic heterocycles. The second kappa shape index (κ2) is 11.4. The van der Waals surface area contributed by atoms with E-state index in [1.165, 1.54) is 0 Å². The number of para-hydroxylation sites is 1. The van der Waals surface area contributed by atoms with E-state index in [0.717, 1.165) is 18.4 Å². The Hall–Kier alpha value is -3.78. The number of urea groups is 1. The molecule has 0 saturated carbocycles. The van der Waals surface area contributed by atoms with Gasteiger partial charge in [0.1, 0.15) is 17.2 Å². The number of nitrogens with zero attached hydrogens (tertiary/aromatic N) is 2. The highest BCUT2D eigenvalue weighted by Gasteiger charge is 2.23. The quantitative estimate of drug-likeness (QED) is 0.486. The SMILES string of the molecule is COc1cccc(Oc2ccc(CNC(=O)N(Cc3ccccc3O)C[C@H]3CCCO3)cn2)c1. The molecule has 1 saturated heterocycles. The van der Waals surface area contributed by atoms with Crippen molar-refractivity contribution >= 4 is 6.03 Å². The average molecular weight is 464 g/mol. The number of benzene rings is 2. The molecule has 0 spiro atoms. The molecule has 4 rings (SSSR count). The molecule has 2 amide bonds. The molecule has 0 bridgehead atoms. The topological polar surface area (TPSA) is 93.2 Å². The number of aromatic hydroxyl groups is 1. The molecule has 2 heterocycles. The molecule has 34 heavy (non-hydrogen) atoms. The van der Waals surface area contributed by atoms with E-state index in [4.69, 9.17) is 14.2 Å². The van der Waals surface area contributed by atoms with Gasteiger partial charge in [-0.2, -0.15) is 0 Å². The predicted octanol–water partition coefficient (Wildman–Crippen LogP) is 4.48. The van der Waals surface area contributed by atoms with E-state index in [1.807, 2.05) is 36.4 Å². The van der Waals surface area contributed by atoms with E-state index >= 15 is 0 Å². The van der Waals surface area contributed by atoms with E-state index in [1.54, 1.807) is 42.5 Å². The lowest BCUT2D eigenvalue weighted by Crippen LogP contribution is -2.43. The molecule has 8 nitrogen and oxygen atoms in total. The minimum absolute atomic E-state index is 0.00585. The van der Waals surface area contributed by atoms with Crippen LogP contribution in [0.1, 0.15) is 24.0 Å². The van der Waals surface area contributed by atoms with E-state index in [0.29, 0.717) is 49.2 Å². The zero-order valence-electron chi connectivity index (χ0n) is 19.1. The van der Waals surface area contributed by atoms with Gasteiger partial charge in [-0.3, -0.25) is 0 Å². The summed E-state index contributed by atoms with van der Waals surface area (Å²) in [6, 6.07) is 17.7. The Balaban J connectivity index is 1.35. The first-order valence-corrected chi connectivity index (χ1v) is 11.3. The standard InChI is InChI=1S/C26H29N3O5/c1-32-21-7-4-8-22(14-21)34-25-12-11-19(15-27-25)16-28-26(31)29(18-23-9-5-13-33-23)17-20-6-2-3-10-24(20)30/h2-4,6-8,10-12,14-15,23,30H,5,9,13,16-18H2,1H3,(H,28,31)/t23-/m1/s1. The van der Waals surface area contributed by atoms with Gasteiger partial charge in [0, 0.05) is 43.6 Å². The van der Waals surface area contributed by atoms with Crippen molar-refractivity contribution in [2.75, 3.05) is 20.3 Å². The van der Waals surface area contributed by atoms with Gasteiger partial charge < -0.3 is 29.5 Å². The molecule has 1 aromatic heterocycles. The Kier molecular flexibility index (Phi) is 7.83. The number of ether oxygens (including phenoxy) is 3. The molecule has 0 unspecified atom stereocenters. The highest BCUT2D eigenvalue weighted by molar-refractivity contribution is 5.74. The largest absolute Gasteiger partial charge is 0.508 e. The van der Waals surface area contributed by atoms with Crippen molar-refractivity contribution in [1.29, 1.82) is 0 Å². The smallest absolute Gasteiger partial charge is 0.318 e. The van der Waals surface area contributed by atoms with Gasteiger partial charge in [-0.1, -0.05) is 30.3 Å². The summed E-state index contributed by atoms with van der Waals surface area (Å²) in [5.41, 5.74) is 1.53. The van der Waals surface area contributed by atoms with Gasteiger partial charge in [-0.25, -0.2) is 9.78 Å².